The van der Waals surface area contributed by atoms with Gasteiger partial charge in [0.15, 0.2) is 0 Å². The monoisotopic (exact) mass is 216 g/mol. The van der Waals surface area contributed by atoms with Crippen molar-refractivity contribution >= 4 is 9.24 Å². The number of hydrogen-bond donors (Lipinski definition) is 0. The van der Waals surface area contributed by atoms with Gasteiger partial charge in [0.1, 0.15) is 0 Å². The van der Waals surface area contributed by atoms with Gasteiger partial charge in [-0.1, -0.05) is 54.4 Å². The lowest BCUT2D eigenvalue weighted by Crippen LogP contribution is -2.29. The van der Waals surface area contributed by atoms with Gasteiger partial charge in [-0.05, 0) is 29.3 Å². The highest BCUT2D eigenvalue weighted by molar-refractivity contribution is 7.16. The Kier molecular flexibility index (Phi) is 5.67. The molecule has 0 N–H and O–H groups in total. The van der Waals surface area contributed by atoms with Gasteiger partial charge in [-0.15, -0.1) is 9.24 Å². The quantitative estimate of drug-likeness (QED) is 0.562. The van der Waals surface area contributed by atoms with Crippen LogP contribution in [0.2, 0.25) is 0 Å². The van der Waals surface area contributed by atoms with Gasteiger partial charge >= 0.3 is 0 Å². The van der Waals surface area contributed by atoms with Crippen LogP contribution < -0.4 is 0 Å². The highest BCUT2D eigenvalue weighted by Gasteiger charge is 2.30. The van der Waals surface area contributed by atoms with E-state index in [1.807, 2.05) is 0 Å². The van der Waals surface area contributed by atoms with E-state index in [1.54, 1.807) is 0 Å². The summed E-state index contributed by atoms with van der Waals surface area (Å²) in [6, 6.07) is 0. The van der Waals surface area contributed by atoms with Gasteiger partial charge in [0.25, 0.3) is 0 Å². The average molecular weight is 216 g/mol. The van der Waals surface area contributed by atoms with Gasteiger partial charge in [0, 0.05) is 0 Å². The van der Waals surface area contributed by atoms with Gasteiger partial charge in [-0.3, -0.25) is 0 Å². The lowest BCUT2D eigenvalue weighted by molar-refractivity contribution is 0.149. The molecule has 0 spiro atoms. The molecule has 0 aliphatic rings. The molecule has 2 unspecified atom stereocenters. The molecule has 0 saturated carbocycles. The van der Waals surface area contributed by atoms with Crippen molar-refractivity contribution in [2.24, 2.45) is 16.7 Å². The minimum Gasteiger partial charge on any atom is -0.137 e. The maximum absolute atomic E-state index is 2.93. The normalized spacial score (nSPS) is 15.6. The molecule has 0 fully saturated rings. The van der Waals surface area contributed by atoms with Crippen LogP contribution in [-0.2, 0) is 0 Å². The SMILES string of the molecule is CCC(C)(C)CC(CP)C(C)(C)CC. The standard InChI is InChI=1S/C13H29P/c1-7-12(3,4)9-11(10-14)13(5,6)8-2/h11H,7-10,14H2,1-6H3. The Morgan fingerprint density at radius 3 is 1.79 bits per heavy atom. The molecule has 0 amide bonds. The molecule has 0 bridgehead atoms. The van der Waals surface area contributed by atoms with Crippen LogP contribution in [0.1, 0.15) is 60.8 Å². The zero-order valence-electron chi connectivity index (χ0n) is 11.0. The number of rotatable bonds is 6. The smallest absolute Gasteiger partial charge is 0.0323 e. The first-order valence-corrected chi connectivity index (χ1v) is 6.80. The van der Waals surface area contributed by atoms with E-state index in [0.717, 1.165) is 5.92 Å². The van der Waals surface area contributed by atoms with Crippen LogP contribution in [0.25, 0.3) is 0 Å². The summed E-state index contributed by atoms with van der Waals surface area (Å²) < 4.78 is 0. The molecule has 0 radical (unpaired) electrons. The number of hydrogen-bond acceptors (Lipinski definition) is 0. The lowest BCUT2D eigenvalue weighted by Gasteiger charge is -2.38. The van der Waals surface area contributed by atoms with Crippen molar-refractivity contribution < 1.29 is 0 Å². The fraction of sp³-hybridized carbons (Fsp3) is 1.00. The second kappa shape index (κ2) is 5.50. The van der Waals surface area contributed by atoms with Crippen LogP contribution in [0.5, 0.6) is 0 Å². The summed E-state index contributed by atoms with van der Waals surface area (Å²) >= 11 is 0. The van der Waals surface area contributed by atoms with Crippen LogP contribution in [-0.4, -0.2) is 6.16 Å². The molecule has 0 aromatic carbocycles. The first-order valence-electron chi connectivity index (χ1n) is 5.99. The highest BCUT2D eigenvalue weighted by Crippen LogP contribution is 2.40. The Labute approximate surface area is 93.4 Å². The van der Waals surface area contributed by atoms with Crippen LogP contribution in [0.3, 0.4) is 0 Å². The van der Waals surface area contributed by atoms with Gasteiger partial charge in [-0.2, -0.15) is 0 Å². The van der Waals surface area contributed by atoms with Crippen molar-refractivity contribution in [2.45, 2.75) is 60.8 Å². The van der Waals surface area contributed by atoms with Gasteiger partial charge in [0.2, 0.25) is 0 Å². The zero-order chi connectivity index (χ0) is 11.4. The molecule has 86 valence electrons. The Bertz CT molecular complexity index is 159. The first-order chi connectivity index (χ1) is 6.29. The summed E-state index contributed by atoms with van der Waals surface area (Å²) in [5.41, 5.74) is 1.00. The van der Waals surface area contributed by atoms with E-state index in [0.29, 0.717) is 10.8 Å². The second-order valence-electron chi connectivity index (χ2n) is 6.00. The van der Waals surface area contributed by atoms with E-state index >= 15 is 0 Å². The predicted molar refractivity (Wildman–Crippen MR) is 70.8 cm³/mol. The minimum atomic E-state index is 0.494. The Balaban J connectivity index is 4.44. The lowest BCUT2D eigenvalue weighted by atomic mass is 9.69. The summed E-state index contributed by atoms with van der Waals surface area (Å²) in [7, 11) is 2.93. The van der Waals surface area contributed by atoms with Crippen molar-refractivity contribution in [1.82, 2.24) is 0 Å². The largest absolute Gasteiger partial charge is 0.137 e. The fourth-order valence-corrected chi connectivity index (χ4v) is 2.58. The third-order valence-corrected chi connectivity index (χ3v) is 4.63. The zero-order valence-corrected chi connectivity index (χ0v) is 12.1. The summed E-state index contributed by atoms with van der Waals surface area (Å²) in [5.74, 6) is 0.840. The van der Waals surface area contributed by atoms with Gasteiger partial charge in [0.05, 0.1) is 0 Å². The second-order valence-corrected chi connectivity index (χ2v) is 6.47. The van der Waals surface area contributed by atoms with Crippen molar-refractivity contribution in [3.05, 3.63) is 0 Å². The van der Waals surface area contributed by atoms with E-state index in [1.165, 1.54) is 25.4 Å². The summed E-state index contributed by atoms with van der Waals surface area (Å²) in [6.45, 7) is 14.2. The van der Waals surface area contributed by atoms with Gasteiger partial charge in [-0.25, -0.2) is 0 Å². The Morgan fingerprint density at radius 1 is 1.00 bits per heavy atom. The molecule has 0 aromatic rings. The topological polar surface area (TPSA) is 0 Å². The van der Waals surface area contributed by atoms with E-state index in [-0.39, 0.29) is 0 Å². The molecule has 0 nitrogen and oxygen atoms in total. The van der Waals surface area contributed by atoms with E-state index < -0.39 is 0 Å². The Hall–Kier alpha value is 0.430. The van der Waals surface area contributed by atoms with Crippen molar-refractivity contribution in [3.8, 4) is 0 Å². The molecular formula is C13H29P. The molecule has 1 heteroatoms. The third kappa shape index (κ3) is 4.30. The fourth-order valence-electron chi connectivity index (χ4n) is 1.78. The highest BCUT2D eigenvalue weighted by atomic mass is 31.0. The summed E-state index contributed by atoms with van der Waals surface area (Å²) in [5, 5.41) is 0. The van der Waals surface area contributed by atoms with Crippen LogP contribution in [0.15, 0.2) is 0 Å². The minimum absolute atomic E-state index is 0.494. The molecule has 0 aliphatic carbocycles. The molecule has 2 atom stereocenters. The van der Waals surface area contributed by atoms with Crippen LogP contribution in [0, 0.1) is 16.7 Å². The molecular weight excluding hydrogens is 187 g/mol. The molecule has 0 aromatic heterocycles. The Morgan fingerprint density at radius 2 is 1.50 bits per heavy atom. The van der Waals surface area contributed by atoms with Crippen molar-refractivity contribution in [2.75, 3.05) is 6.16 Å². The molecule has 14 heavy (non-hydrogen) atoms. The predicted octanol–water partition coefficient (Wildman–Crippen LogP) is 4.74. The molecule has 0 heterocycles. The van der Waals surface area contributed by atoms with E-state index in [2.05, 4.69) is 50.8 Å². The first kappa shape index (κ1) is 14.4. The maximum atomic E-state index is 2.93. The maximum Gasteiger partial charge on any atom is -0.0323 e. The molecule has 0 rings (SSSR count). The summed E-state index contributed by atoms with van der Waals surface area (Å²) in [4.78, 5) is 0. The van der Waals surface area contributed by atoms with Crippen molar-refractivity contribution in [3.63, 3.8) is 0 Å². The van der Waals surface area contributed by atoms with E-state index in [9.17, 15) is 0 Å². The van der Waals surface area contributed by atoms with Gasteiger partial charge < -0.3 is 0 Å². The molecule has 0 saturated heterocycles. The van der Waals surface area contributed by atoms with Crippen LogP contribution in [0.4, 0.5) is 0 Å². The van der Waals surface area contributed by atoms with Crippen LogP contribution >= 0.6 is 9.24 Å². The van der Waals surface area contributed by atoms with E-state index in [4.69, 9.17) is 0 Å². The third-order valence-electron chi connectivity index (χ3n) is 4.06. The summed E-state index contributed by atoms with van der Waals surface area (Å²) in [6.07, 6.45) is 5.16. The average Bonchev–Trinajstić information content (AvgIpc) is 2.14. The molecule has 0 aliphatic heterocycles. The van der Waals surface area contributed by atoms with Crippen molar-refractivity contribution in [1.29, 1.82) is 0 Å².